The lowest BCUT2D eigenvalue weighted by molar-refractivity contribution is 0.102. The van der Waals surface area contributed by atoms with Crippen molar-refractivity contribution in [2.45, 2.75) is 19.8 Å². The summed E-state index contributed by atoms with van der Waals surface area (Å²) in [5, 5.41) is 6.68. The van der Waals surface area contributed by atoms with E-state index in [-0.39, 0.29) is 11.9 Å². The second-order valence-electron chi connectivity index (χ2n) is 9.09. The van der Waals surface area contributed by atoms with Crippen LogP contribution >= 0.6 is 15.9 Å². The van der Waals surface area contributed by atoms with E-state index in [0.29, 0.717) is 44.2 Å². The Morgan fingerprint density at radius 3 is 2.54 bits per heavy atom. The van der Waals surface area contributed by atoms with E-state index in [1.807, 2.05) is 12.1 Å². The molecule has 0 unspecified atom stereocenters. The molecule has 0 bridgehead atoms. The van der Waals surface area contributed by atoms with Crippen LogP contribution in [-0.2, 0) is 0 Å². The largest absolute Gasteiger partial charge is 0.455 e. The topological polar surface area (TPSA) is 115 Å². The normalized spacial score (nSPS) is 11.0. The fraction of sp³-hybridized carbons (Fsp3) is 0.103. The number of amides is 1. The van der Waals surface area contributed by atoms with E-state index in [1.54, 1.807) is 54.7 Å². The van der Waals surface area contributed by atoms with Gasteiger partial charge in [0.1, 0.15) is 11.6 Å². The number of carbonyl (C=O) groups excluding carboxylic acids is 1. The van der Waals surface area contributed by atoms with E-state index in [9.17, 15) is 9.18 Å². The summed E-state index contributed by atoms with van der Waals surface area (Å²) in [6.45, 7) is 4.13. The zero-order valence-corrected chi connectivity index (χ0v) is 22.7. The maximum absolute atomic E-state index is 14.0. The molecule has 5 rings (SSSR count). The van der Waals surface area contributed by atoms with E-state index in [1.165, 1.54) is 12.1 Å². The third-order valence-corrected chi connectivity index (χ3v) is 6.47. The van der Waals surface area contributed by atoms with Gasteiger partial charge in [-0.1, -0.05) is 13.8 Å². The molecule has 1 amide bonds. The molecule has 0 saturated heterocycles. The number of ether oxygens (including phenoxy) is 1. The predicted molar refractivity (Wildman–Crippen MR) is 154 cm³/mol. The zero-order valence-electron chi connectivity index (χ0n) is 21.1. The van der Waals surface area contributed by atoms with Gasteiger partial charge in [-0.15, -0.1) is 0 Å². The molecule has 8 nitrogen and oxygen atoms in total. The summed E-state index contributed by atoms with van der Waals surface area (Å²) < 4.78 is 20.3. The summed E-state index contributed by atoms with van der Waals surface area (Å²) in [6.07, 6.45) is 1.68. The van der Waals surface area contributed by atoms with Crippen LogP contribution in [0.25, 0.3) is 11.0 Å². The highest BCUT2D eigenvalue weighted by Crippen LogP contribution is 2.33. The first kappa shape index (κ1) is 26.1. The van der Waals surface area contributed by atoms with Gasteiger partial charge in [0, 0.05) is 34.2 Å². The van der Waals surface area contributed by atoms with Gasteiger partial charge in [-0.05, 0) is 94.6 Å². The average molecular weight is 587 g/mol. The summed E-state index contributed by atoms with van der Waals surface area (Å²) in [5.41, 5.74) is 8.95. The zero-order chi connectivity index (χ0) is 27.5. The van der Waals surface area contributed by atoms with Crippen molar-refractivity contribution < 1.29 is 13.9 Å². The van der Waals surface area contributed by atoms with Crippen LogP contribution < -0.4 is 21.1 Å². The number of halogens is 2. The van der Waals surface area contributed by atoms with E-state index in [2.05, 4.69) is 55.4 Å². The monoisotopic (exact) mass is 586 g/mol. The SMILES string of the molecule is CC(C)c1ccc2cnc(Nc3cc(C(=O)Nc4ccc(Br)c(F)c4)ccc3Oc3ccc(N)cc3)nc2n1. The number of benzene rings is 3. The molecule has 5 aromatic rings. The van der Waals surface area contributed by atoms with Crippen molar-refractivity contribution >= 4 is 55.9 Å². The van der Waals surface area contributed by atoms with Gasteiger partial charge < -0.3 is 21.1 Å². The number of carbonyl (C=O) groups is 1. The highest BCUT2D eigenvalue weighted by atomic mass is 79.9. The molecule has 10 heteroatoms. The second kappa shape index (κ2) is 11.0. The molecule has 0 radical (unpaired) electrons. The number of nitrogens with zero attached hydrogens (tertiary/aromatic N) is 3. The number of rotatable bonds is 7. The molecule has 0 aliphatic rings. The van der Waals surface area contributed by atoms with Gasteiger partial charge in [-0.3, -0.25) is 4.79 Å². The van der Waals surface area contributed by atoms with Gasteiger partial charge in [0.05, 0.1) is 10.2 Å². The van der Waals surface area contributed by atoms with Crippen LogP contribution in [0.5, 0.6) is 11.5 Å². The van der Waals surface area contributed by atoms with Crippen LogP contribution in [0.15, 0.2) is 83.5 Å². The van der Waals surface area contributed by atoms with E-state index in [0.717, 1.165) is 11.1 Å². The van der Waals surface area contributed by atoms with Crippen molar-refractivity contribution in [3.8, 4) is 11.5 Å². The quantitative estimate of drug-likeness (QED) is 0.170. The molecule has 3 aromatic carbocycles. The van der Waals surface area contributed by atoms with Gasteiger partial charge >= 0.3 is 0 Å². The fourth-order valence-corrected chi connectivity index (χ4v) is 3.97. The molecule has 0 aliphatic heterocycles. The number of aromatic nitrogens is 3. The Balaban J connectivity index is 1.48. The Labute approximate surface area is 232 Å². The van der Waals surface area contributed by atoms with Crippen LogP contribution in [0, 0.1) is 5.82 Å². The van der Waals surface area contributed by atoms with Crippen LogP contribution in [0.4, 0.5) is 27.4 Å². The van der Waals surface area contributed by atoms with Crippen molar-refractivity contribution in [3.63, 3.8) is 0 Å². The van der Waals surface area contributed by atoms with Crippen LogP contribution in [0.3, 0.4) is 0 Å². The molecule has 0 atom stereocenters. The second-order valence-corrected chi connectivity index (χ2v) is 9.94. The lowest BCUT2D eigenvalue weighted by Gasteiger charge is -2.15. The lowest BCUT2D eigenvalue weighted by atomic mass is 10.1. The summed E-state index contributed by atoms with van der Waals surface area (Å²) in [7, 11) is 0. The summed E-state index contributed by atoms with van der Waals surface area (Å²) >= 11 is 3.11. The number of hydrogen-bond acceptors (Lipinski definition) is 7. The molecule has 39 heavy (non-hydrogen) atoms. The third-order valence-electron chi connectivity index (χ3n) is 5.83. The minimum atomic E-state index is -0.481. The van der Waals surface area contributed by atoms with Gasteiger partial charge in [-0.2, -0.15) is 4.98 Å². The molecule has 196 valence electrons. The molecular formula is C29H24BrFN6O2. The Hall–Kier alpha value is -4.57. The standard InChI is InChI=1S/C29H24BrFN6O2/c1-16(2)24-11-3-18-15-33-29(37-27(18)35-24)36-25-13-17(28(38)34-20-7-10-22(30)23(31)14-20)4-12-26(25)39-21-8-5-19(32)6-9-21/h3-16H,32H2,1-2H3,(H,34,38)(H,33,35,36,37). The Kier molecular flexibility index (Phi) is 7.38. The lowest BCUT2D eigenvalue weighted by Crippen LogP contribution is -2.12. The van der Waals surface area contributed by atoms with Crippen molar-refractivity contribution in [2.75, 3.05) is 16.4 Å². The number of nitrogen functional groups attached to an aromatic ring is 1. The number of nitrogens with two attached hydrogens (primary N) is 1. The highest BCUT2D eigenvalue weighted by molar-refractivity contribution is 9.10. The fourth-order valence-electron chi connectivity index (χ4n) is 3.72. The summed E-state index contributed by atoms with van der Waals surface area (Å²) in [4.78, 5) is 26.7. The minimum absolute atomic E-state index is 0.245. The Morgan fingerprint density at radius 1 is 1.00 bits per heavy atom. The Bertz CT molecular complexity index is 1680. The van der Waals surface area contributed by atoms with E-state index >= 15 is 0 Å². The van der Waals surface area contributed by atoms with Gasteiger partial charge in [0.25, 0.3) is 5.91 Å². The first-order valence-corrected chi connectivity index (χ1v) is 12.9. The summed E-state index contributed by atoms with van der Waals surface area (Å²) in [5.74, 6) is 0.600. The first-order valence-electron chi connectivity index (χ1n) is 12.1. The third kappa shape index (κ3) is 6.12. The number of nitrogens with one attached hydrogen (secondary N) is 2. The van der Waals surface area contributed by atoms with Crippen molar-refractivity contribution in [1.82, 2.24) is 15.0 Å². The smallest absolute Gasteiger partial charge is 0.255 e. The molecule has 0 saturated carbocycles. The average Bonchev–Trinajstić information content (AvgIpc) is 2.92. The predicted octanol–water partition coefficient (Wildman–Crippen LogP) is 7.42. The molecule has 4 N–H and O–H groups in total. The van der Waals surface area contributed by atoms with Crippen LogP contribution in [0.2, 0.25) is 0 Å². The summed E-state index contributed by atoms with van der Waals surface area (Å²) in [6, 6.07) is 20.1. The van der Waals surface area contributed by atoms with Gasteiger partial charge in [-0.25, -0.2) is 14.4 Å². The van der Waals surface area contributed by atoms with Crippen molar-refractivity contribution in [3.05, 3.63) is 101 Å². The number of hydrogen-bond donors (Lipinski definition) is 3. The minimum Gasteiger partial charge on any atom is -0.455 e. The van der Waals surface area contributed by atoms with Crippen molar-refractivity contribution in [1.29, 1.82) is 0 Å². The van der Waals surface area contributed by atoms with Crippen LogP contribution in [0.1, 0.15) is 35.8 Å². The Morgan fingerprint density at radius 2 is 1.79 bits per heavy atom. The maximum Gasteiger partial charge on any atom is 0.255 e. The number of anilines is 4. The van der Waals surface area contributed by atoms with Crippen molar-refractivity contribution in [2.24, 2.45) is 0 Å². The van der Waals surface area contributed by atoms with Gasteiger partial charge in [0.15, 0.2) is 11.4 Å². The van der Waals surface area contributed by atoms with Gasteiger partial charge in [0.2, 0.25) is 5.95 Å². The molecule has 0 aliphatic carbocycles. The molecule has 0 fully saturated rings. The molecular weight excluding hydrogens is 563 g/mol. The maximum atomic E-state index is 14.0. The molecule has 2 heterocycles. The molecule has 2 aromatic heterocycles. The first-order chi connectivity index (χ1) is 18.7. The number of fused-ring (bicyclic) bond motifs is 1. The van der Waals surface area contributed by atoms with Crippen LogP contribution in [-0.4, -0.2) is 20.9 Å². The van der Waals surface area contributed by atoms with E-state index in [4.69, 9.17) is 10.5 Å². The highest BCUT2D eigenvalue weighted by Gasteiger charge is 2.15. The van der Waals surface area contributed by atoms with E-state index < -0.39 is 11.7 Å². The molecule has 0 spiro atoms. The number of pyridine rings is 1.